The van der Waals surface area contributed by atoms with E-state index in [1.165, 1.54) is 45.2 Å². The first kappa shape index (κ1) is 18.4. The number of nitrogens with zero attached hydrogens (tertiary/aromatic N) is 3. The molecule has 0 aliphatic carbocycles. The molecule has 2 atom stereocenters. The van der Waals surface area contributed by atoms with Crippen molar-refractivity contribution in [2.75, 3.05) is 53.4 Å². The molecule has 132 valence electrons. The van der Waals surface area contributed by atoms with Crippen molar-refractivity contribution in [3.05, 3.63) is 12.2 Å². The van der Waals surface area contributed by atoms with Gasteiger partial charge in [0, 0.05) is 31.8 Å². The smallest absolute Gasteiger partial charge is 0.246 e. The van der Waals surface area contributed by atoms with Crippen LogP contribution in [0.5, 0.6) is 0 Å². The van der Waals surface area contributed by atoms with Gasteiger partial charge in [-0.2, -0.15) is 0 Å². The Morgan fingerprint density at radius 2 is 2.00 bits per heavy atom. The fraction of sp³-hybridized carbons (Fsp3) is 0.833. The molecule has 2 aliphatic heterocycles. The first-order chi connectivity index (χ1) is 11.1. The van der Waals surface area contributed by atoms with E-state index in [1.54, 1.807) is 6.08 Å². The zero-order chi connectivity index (χ0) is 16.7. The summed E-state index contributed by atoms with van der Waals surface area (Å²) in [5.41, 5.74) is 0. The van der Waals surface area contributed by atoms with Gasteiger partial charge >= 0.3 is 0 Å². The molecular weight excluding hydrogens is 290 g/mol. The van der Waals surface area contributed by atoms with Crippen LogP contribution in [0.25, 0.3) is 0 Å². The van der Waals surface area contributed by atoms with Crippen LogP contribution >= 0.6 is 0 Å². The minimum Gasteiger partial charge on any atom is -0.395 e. The summed E-state index contributed by atoms with van der Waals surface area (Å²) < 4.78 is 0. The highest BCUT2D eigenvalue weighted by molar-refractivity contribution is 5.87. The molecule has 2 heterocycles. The minimum atomic E-state index is 0.0360. The largest absolute Gasteiger partial charge is 0.395 e. The van der Waals surface area contributed by atoms with Crippen LogP contribution in [0, 0.1) is 5.92 Å². The first-order valence-electron chi connectivity index (χ1n) is 9.07. The SMILES string of the molecule is CN(C)C/C=C/C(=O)N(CCO)CC1CCCN2CCCCC12. The third-order valence-corrected chi connectivity index (χ3v) is 5.10. The highest BCUT2D eigenvalue weighted by Crippen LogP contribution is 2.31. The van der Waals surface area contributed by atoms with Crippen molar-refractivity contribution in [2.45, 2.75) is 38.1 Å². The summed E-state index contributed by atoms with van der Waals surface area (Å²) in [7, 11) is 3.97. The maximum atomic E-state index is 12.4. The second kappa shape index (κ2) is 9.40. The molecule has 2 fully saturated rings. The molecule has 0 radical (unpaired) electrons. The van der Waals surface area contributed by atoms with Gasteiger partial charge < -0.3 is 19.8 Å². The highest BCUT2D eigenvalue weighted by Gasteiger charge is 2.34. The van der Waals surface area contributed by atoms with E-state index in [0.717, 1.165) is 13.1 Å². The molecule has 0 saturated carbocycles. The zero-order valence-corrected chi connectivity index (χ0v) is 14.8. The van der Waals surface area contributed by atoms with Gasteiger partial charge in [0.2, 0.25) is 5.91 Å². The van der Waals surface area contributed by atoms with Gasteiger partial charge in [-0.15, -0.1) is 0 Å². The average Bonchev–Trinajstić information content (AvgIpc) is 2.54. The average molecular weight is 323 g/mol. The van der Waals surface area contributed by atoms with Gasteiger partial charge in [0.1, 0.15) is 0 Å². The minimum absolute atomic E-state index is 0.0360. The fourth-order valence-electron chi connectivity index (χ4n) is 3.96. The predicted molar refractivity (Wildman–Crippen MR) is 93.3 cm³/mol. The zero-order valence-electron chi connectivity index (χ0n) is 14.8. The number of fused-ring (bicyclic) bond motifs is 1. The van der Waals surface area contributed by atoms with Crippen molar-refractivity contribution < 1.29 is 9.90 Å². The van der Waals surface area contributed by atoms with Crippen molar-refractivity contribution in [2.24, 2.45) is 5.92 Å². The number of rotatable bonds is 7. The second-order valence-electron chi connectivity index (χ2n) is 7.17. The Morgan fingerprint density at radius 3 is 2.74 bits per heavy atom. The molecule has 2 unspecified atom stereocenters. The second-order valence-corrected chi connectivity index (χ2v) is 7.17. The van der Waals surface area contributed by atoms with E-state index in [0.29, 0.717) is 18.5 Å². The first-order valence-corrected chi connectivity index (χ1v) is 9.07. The number of likely N-dealkylation sites (N-methyl/N-ethyl adjacent to an activating group) is 1. The molecule has 0 spiro atoms. The summed E-state index contributed by atoms with van der Waals surface area (Å²) in [6, 6.07) is 0.636. The number of hydrogen-bond donors (Lipinski definition) is 1. The molecule has 1 amide bonds. The van der Waals surface area contributed by atoms with E-state index < -0.39 is 0 Å². The number of amides is 1. The van der Waals surface area contributed by atoms with Crippen LogP contribution in [0.4, 0.5) is 0 Å². The summed E-state index contributed by atoms with van der Waals surface area (Å²) in [5.74, 6) is 0.593. The van der Waals surface area contributed by atoms with Gasteiger partial charge in [0.15, 0.2) is 0 Å². The monoisotopic (exact) mass is 323 g/mol. The van der Waals surface area contributed by atoms with E-state index >= 15 is 0 Å². The van der Waals surface area contributed by atoms with E-state index in [2.05, 4.69) is 4.90 Å². The maximum Gasteiger partial charge on any atom is 0.246 e. The Balaban J connectivity index is 1.94. The summed E-state index contributed by atoms with van der Waals surface area (Å²) in [4.78, 5) is 18.9. The lowest BCUT2D eigenvalue weighted by Crippen LogP contribution is -2.51. The third-order valence-electron chi connectivity index (χ3n) is 5.10. The molecule has 0 aromatic heterocycles. The number of hydrogen-bond acceptors (Lipinski definition) is 4. The van der Waals surface area contributed by atoms with E-state index in [4.69, 9.17) is 0 Å². The summed E-state index contributed by atoms with van der Waals surface area (Å²) in [5, 5.41) is 9.32. The number of piperidine rings is 2. The van der Waals surface area contributed by atoms with Crippen LogP contribution in [0.2, 0.25) is 0 Å². The molecule has 5 heteroatoms. The Hall–Kier alpha value is -0.910. The lowest BCUT2D eigenvalue weighted by atomic mass is 9.83. The van der Waals surface area contributed by atoms with Gasteiger partial charge in [-0.05, 0) is 58.8 Å². The van der Waals surface area contributed by atoms with Gasteiger partial charge in [-0.25, -0.2) is 0 Å². The number of aliphatic hydroxyl groups excluding tert-OH is 1. The van der Waals surface area contributed by atoms with E-state index in [9.17, 15) is 9.90 Å². The lowest BCUT2D eigenvalue weighted by Gasteiger charge is -2.45. The lowest BCUT2D eigenvalue weighted by molar-refractivity contribution is -0.128. The van der Waals surface area contributed by atoms with Crippen LogP contribution < -0.4 is 0 Å². The van der Waals surface area contributed by atoms with E-state index in [1.807, 2.05) is 30.0 Å². The van der Waals surface area contributed by atoms with Crippen LogP contribution in [0.3, 0.4) is 0 Å². The maximum absolute atomic E-state index is 12.4. The number of carbonyl (C=O) groups excluding carboxylic acids is 1. The Kier molecular flexibility index (Phi) is 7.53. The topological polar surface area (TPSA) is 47.0 Å². The van der Waals surface area contributed by atoms with Gasteiger partial charge in [-0.1, -0.05) is 12.5 Å². The molecule has 1 N–H and O–H groups in total. The number of aliphatic hydroxyl groups is 1. The summed E-state index contributed by atoms with van der Waals surface area (Å²) in [6.07, 6.45) is 9.90. The van der Waals surface area contributed by atoms with Crippen LogP contribution in [0.1, 0.15) is 32.1 Å². The van der Waals surface area contributed by atoms with Gasteiger partial charge in [-0.3, -0.25) is 4.79 Å². The molecule has 23 heavy (non-hydrogen) atoms. The van der Waals surface area contributed by atoms with Gasteiger partial charge in [0.05, 0.1) is 6.61 Å². The normalized spacial score (nSPS) is 25.7. The van der Waals surface area contributed by atoms with Crippen molar-refractivity contribution in [1.82, 2.24) is 14.7 Å². The Labute approximate surface area is 140 Å². The quantitative estimate of drug-likeness (QED) is 0.715. The molecule has 2 rings (SSSR count). The molecule has 0 aromatic rings. The summed E-state index contributed by atoms with van der Waals surface area (Å²) in [6.45, 7) is 4.46. The molecule has 2 saturated heterocycles. The molecular formula is C18H33N3O2. The predicted octanol–water partition coefficient (Wildman–Crippen LogP) is 1.19. The summed E-state index contributed by atoms with van der Waals surface area (Å²) >= 11 is 0. The van der Waals surface area contributed by atoms with Crippen LogP contribution in [-0.2, 0) is 4.79 Å². The third kappa shape index (κ3) is 5.59. The van der Waals surface area contributed by atoms with Crippen LogP contribution in [0.15, 0.2) is 12.2 Å². The van der Waals surface area contributed by atoms with Gasteiger partial charge in [0.25, 0.3) is 0 Å². The number of carbonyl (C=O) groups is 1. The standard InChI is InChI=1S/C18H33N3O2/c1-19(2)10-6-9-18(23)21(13-14-22)15-16-7-5-12-20-11-4-3-8-17(16)20/h6,9,16-17,22H,3-5,7-8,10-15H2,1-2H3/b9-6+. The van der Waals surface area contributed by atoms with Crippen molar-refractivity contribution >= 4 is 5.91 Å². The Morgan fingerprint density at radius 1 is 1.22 bits per heavy atom. The molecule has 2 aliphatic rings. The molecule has 0 bridgehead atoms. The Bertz CT molecular complexity index is 396. The highest BCUT2D eigenvalue weighted by atomic mass is 16.3. The molecule has 0 aromatic carbocycles. The molecule has 5 nitrogen and oxygen atoms in total. The van der Waals surface area contributed by atoms with Crippen molar-refractivity contribution in [3.63, 3.8) is 0 Å². The van der Waals surface area contributed by atoms with Crippen molar-refractivity contribution in [3.8, 4) is 0 Å². The van der Waals surface area contributed by atoms with Crippen LogP contribution in [-0.4, -0.2) is 85.2 Å². The van der Waals surface area contributed by atoms with E-state index in [-0.39, 0.29) is 12.5 Å². The fourth-order valence-corrected chi connectivity index (χ4v) is 3.96. The van der Waals surface area contributed by atoms with Crippen molar-refractivity contribution in [1.29, 1.82) is 0 Å².